The van der Waals surface area contributed by atoms with Gasteiger partial charge in [0.05, 0.1) is 10.7 Å². The van der Waals surface area contributed by atoms with Crippen LogP contribution in [0, 0.1) is 0 Å². The van der Waals surface area contributed by atoms with Crippen molar-refractivity contribution in [3.05, 3.63) is 22.8 Å². The van der Waals surface area contributed by atoms with Crippen molar-refractivity contribution in [2.24, 2.45) is 0 Å². The molecule has 1 N–H and O–H groups in total. The van der Waals surface area contributed by atoms with Crippen molar-refractivity contribution < 1.29 is 0 Å². The number of halogens is 1. The molecule has 1 aromatic rings. The van der Waals surface area contributed by atoms with Crippen molar-refractivity contribution in [2.75, 3.05) is 39.1 Å². The van der Waals surface area contributed by atoms with E-state index in [9.17, 15) is 0 Å². The molecule has 114 valence electrons. The van der Waals surface area contributed by atoms with Crippen molar-refractivity contribution in [1.82, 2.24) is 15.2 Å². The zero-order chi connectivity index (χ0) is 15.1. The molecule has 0 aromatic carbocycles. The molecule has 0 spiro atoms. The number of hydrogen-bond donors (Lipinski definition) is 1. The molecule has 4 nitrogen and oxygen atoms in total. The second-order valence-corrected chi connectivity index (χ2v) is 6.12. The van der Waals surface area contributed by atoms with Crippen LogP contribution in [0.1, 0.15) is 26.0 Å². The molecule has 0 saturated carbocycles. The van der Waals surface area contributed by atoms with Gasteiger partial charge in [-0.25, -0.2) is 4.98 Å². The lowest BCUT2D eigenvalue weighted by Crippen LogP contribution is -2.25. The molecular weight excluding hydrogens is 272 g/mol. The third-order valence-corrected chi connectivity index (χ3v) is 3.42. The van der Waals surface area contributed by atoms with Crippen LogP contribution in [0.25, 0.3) is 0 Å². The van der Waals surface area contributed by atoms with Gasteiger partial charge in [0.15, 0.2) is 0 Å². The fourth-order valence-corrected chi connectivity index (χ4v) is 2.02. The normalized spacial score (nSPS) is 11.4. The summed E-state index contributed by atoms with van der Waals surface area (Å²) >= 11 is 6.20. The van der Waals surface area contributed by atoms with E-state index in [0.717, 1.165) is 36.0 Å². The van der Waals surface area contributed by atoms with Gasteiger partial charge in [0.1, 0.15) is 5.82 Å². The Hall–Kier alpha value is -0.840. The van der Waals surface area contributed by atoms with Crippen LogP contribution in [-0.4, -0.2) is 50.2 Å². The van der Waals surface area contributed by atoms with E-state index in [1.807, 2.05) is 12.1 Å². The Morgan fingerprint density at radius 1 is 1.20 bits per heavy atom. The molecule has 0 saturated heterocycles. The van der Waals surface area contributed by atoms with Crippen LogP contribution in [0.4, 0.5) is 5.82 Å². The molecule has 1 aromatic heterocycles. The van der Waals surface area contributed by atoms with Crippen LogP contribution in [0.5, 0.6) is 0 Å². The smallest absolute Gasteiger partial charge is 0.128 e. The van der Waals surface area contributed by atoms with E-state index in [2.05, 4.69) is 55.1 Å². The van der Waals surface area contributed by atoms with E-state index in [0.29, 0.717) is 12.6 Å². The fraction of sp³-hybridized carbons (Fsp3) is 0.667. The Morgan fingerprint density at radius 2 is 1.90 bits per heavy atom. The lowest BCUT2D eigenvalue weighted by Gasteiger charge is -2.20. The summed E-state index contributed by atoms with van der Waals surface area (Å²) in [7, 11) is 6.26. The maximum atomic E-state index is 6.20. The summed E-state index contributed by atoms with van der Waals surface area (Å²) in [6, 6.07) is 4.34. The number of rotatable bonds is 8. The van der Waals surface area contributed by atoms with Gasteiger partial charge in [0.25, 0.3) is 0 Å². The minimum Gasteiger partial charge on any atom is -0.360 e. The number of aromatic nitrogens is 1. The van der Waals surface area contributed by atoms with Gasteiger partial charge in [0.2, 0.25) is 0 Å². The van der Waals surface area contributed by atoms with Crippen LogP contribution in [0.2, 0.25) is 5.02 Å². The molecule has 0 atom stereocenters. The Bertz CT molecular complexity index is 407. The zero-order valence-corrected chi connectivity index (χ0v) is 14.0. The summed E-state index contributed by atoms with van der Waals surface area (Å²) in [6.45, 7) is 7.01. The van der Waals surface area contributed by atoms with Gasteiger partial charge >= 0.3 is 0 Å². The SMILES string of the molecule is CC(C)NCc1nc(N(C)CCCN(C)C)ccc1Cl. The van der Waals surface area contributed by atoms with Gasteiger partial charge in [-0.2, -0.15) is 0 Å². The first-order valence-electron chi connectivity index (χ1n) is 7.15. The lowest BCUT2D eigenvalue weighted by atomic mass is 10.3. The summed E-state index contributed by atoms with van der Waals surface area (Å²) in [6.07, 6.45) is 1.12. The molecule has 0 bridgehead atoms. The first-order chi connectivity index (χ1) is 9.40. The third-order valence-electron chi connectivity index (χ3n) is 3.07. The molecule has 0 amide bonds. The summed E-state index contributed by atoms with van der Waals surface area (Å²) < 4.78 is 0. The Kier molecular flexibility index (Phi) is 7.27. The zero-order valence-electron chi connectivity index (χ0n) is 13.3. The minimum absolute atomic E-state index is 0.425. The quantitative estimate of drug-likeness (QED) is 0.799. The predicted octanol–water partition coefficient (Wildman–Crippen LogP) is 2.62. The van der Waals surface area contributed by atoms with Crippen molar-refractivity contribution in [1.29, 1.82) is 0 Å². The Balaban J connectivity index is 2.63. The number of nitrogens with zero attached hydrogens (tertiary/aromatic N) is 3. The van der Waals surface area contributed by atoms with Gasteiger partial charge in [-0.15, -0.1) is 0 Å². The molecule has 0 radical (unpaired) electrons. The molecule has 1 rings (SSSR count). The minimum atomic E-state index is 0.425. The molecule has 0 unspecified atom stereocenters. The van der Waals surface area contributed by atoms with Crippen molar-refractivity contribution in [3.63, 3.8) is 0 Å². The number of hydrogen-bond acceptors (Lipinski definition) is 4. The third kappa shape index (κ3) is 6.07. The molecule has 0 aliphatic heterocycles. The van der Waals surface area contributed by atoms with Gasteiger partial charge in [-0.1, -0.05) is 25.4 Å². The number of pyridine rings is 1. The van der Waals surface area contributed by atoms with Crippen LogP contribution >= 0.6 is 11.6 Å². The molecule has 1 heterocycles. The largest absolute Gasteiger partial charge is 0.360 e. The fourth-order valence-electron chi connectivity index (χ4n) is 1.85. The van der Waals surface area contributed by atoms with Crippen LogP contribution < -0.4 is 10.2 Å². The number of anilines is 1. The summed E-state index contributed by atoms with van der Waals surface area (Å²) in [5.74, 6) is 0.980. The van der Waals surface area contributed by atoms with Gasteiger partial charge in [-0.3, -0.25) is 0 Å². The first kappa shape index (κ1) is 17.2. The lowest BCUT2D eigenvalue weighted by molar-refractivity contribution is 0.401. The second-order valence-electron chi connectivity index (χ2n) is 5.71. The summed E-state index contributed by atoms with van der Waals surface area (Å²) in [4.78, 5) is 9.03. The van der Waals surface area contributed by atoms with E-state index in [-0.39, 0.29) is 0 Å². The maximum absolute atomic E-state index is 6.20. The number of nitrogens with one attached hydrogen (secondary N) is 1. The molecule has 20 heavy (non-hydrogen) atoms. The maximum Gasteiger partial charge on any atom is 0.128 e. The molecule has 0 fully saturated rings. The van der Waals surface area contributed by atoms with E-state index < -0.39 is 0 Å². The molecule has 0 aliphatic carbocycles. The highest BCUT2D eigenvalue weighted by atomic mass is 35.5. The van der Waals surface area contributed by atoms with Crippen LogP contribution in [0.3, 0.4) is 0 Å². The predicted molar refractivity (Wildman–Crippen MR) is 87.7 cm³/mol. The van der Waals surface area contributed by atoms with E-state index in [1.165, 1.54) is 0 Å². The van der Waals surface area contributed by atoms with Gasteiger partial charge < -0.3 is 15.1 Å². The summed E-state index contributed by atoms with van der Waals surface area (Å²) in [5, 5.41) is 4.08. The standard InChI is InChI=1S/C15H27ClN4/c1-12(2)17-11-14-13(16)7-8-15(18-14)20(5)10-6-9-19(3)4/h7-8,12,17H,6,9-11H2,1-5H3. The molecule has 5 heteroatoms. The topological polar surface area (TPSA) is 31.4 Å². The average molecular weight is 299 g/mol. The Labute approximate surface area is 128 Å². The highest BCUT2D eigenvalue weighted by Gasteiger charge is 2.08. The second kappa shape index (κ2) is 8.45. The van der Waals surface area contributed by atoms with Crippen molar-refractivity contribution >= 4 is 17.4 Å². The average Bonchev–Trinajstić information content (AvgIpc) is 2.37. The van der Waals surface area contributed by atoms with Gasteiger partial charge in [0, 0.05) is 26.2 Å². The monoisotopic (exact) mass is 298 g/mol. The molecule has 0 aliphatic rings. The van der Waals surface area contributed by atoms with E-state index in [1.54, 1.807) is 0 Å². The van der Waals surface area contributed by atoms with E-state index in [4.69, 9.17) is 11.6 Å². The van der Waals surface area contributed by atoms with Gasteiger partial charge in [-0.05, 0) is 39.2 Å². The van der Waals surface area contributed by atoms with Crippen LogP contribution in [0.15, 0.2) is 12.1 Å². The Morgan fingerprint density at radius 3 is 2.50 bits per heavy atom. The summed E-state index contributed by atoms with van der Waals surface area (Å²) in [5.41, 5.74) is 0.914. The van der Waals surface area contributed by atoms with Crippen molar-refractivity contribution in [3.8, 4) is 0 Å². The van der Waals surface area contributed by atoms with E-state index >= 15 is 0 Å². The van der Waals surface area contributed by atoms with Crippen molar-refractivity contribution in [2.45, 2.75) is 32.9 Å². The first-order valence-corrected chi connectivity index (χ1v) is 7.52. The van der Waals surface area contributed by atoms with Crippen LogP contribution in [-0.2, 0) is 6.54 Å². The highest BCUT2D eigenvalue weighted by Crippen LogP contribution is 2.19. The molecular formula is C15H27ClN4. The highest BCUT2D eigenvalue weighted by molar-refractivity contribution is 6.31.